The summed E-state index contributed by atoms with van der Waals surface area (Å²) in [4.78, 5) is 27.2. The average Bonchev–Trinajstić information content (AvgIpc) is 3.09. The third-order valence-corrected chi connectivity index (χ3v) is 5.04. The molecule has 0 aliphatic rings. The summed E-state index contributed by atoms with van der Waals surface area (Å²) in [5.41, 5.74) is 2.96. The van der Waals surface area contributed by atoms with Gasteiger partial charge in [-0.2, -0.15) is 28.8 Å². The summed E-state index contributed by atoms with van der Waals surface area (Å²) in [5, 5.41) is 19.2. The molecule has 2 heterocycles. The summed E-state index contributed by atoms with van der Waals surface area (Å²) in [5.74, 6) is -1.47. The molecule has 0 radical (unpaired) electrons. The number of nitrogens with one attached hydrogen (secondary N) is 4. The monoisotopic (exact) mass is 496 g/mol. The number of carboxylic acids is 1. The number of hydrogen-bond donors (Lipinski definition) is 6. The van der Waals surface area contributed by atoms with Crippen LogP contribution in [0.4, 0.5) is 17.0 Å². The lowest BCUT2D eigenvalue weighted by Crippen LogP contribution is -2.28. The molecule has 0 fully saturated rings. The first-order valence-corrected chi connectivity index (χ1v) is 11.6. The van der Waals surface area contributed by atoms with Gasteiger partial charge in [0.1, 0.15) is 0 Å². The molecule has 0 aliphatic heterocycles. The molecule has 6 N–H and O–H groups in total. The van der Waals surface area contributed by atoms with Gasteiger partial charge >= 0.3 is 5.97 Å². The van der Waals surface area contributed by atoms with Crippen LogP contribution in [-0.4, -0.2) is 76.8 Å². The van der Waals surface area contributed by atoms with Crippen molar-refractivity contribution >= 4 is 56.5 Å². The third kappa shape index (κ3) is 10.6. The number of carboxylic acid groups (broad SMARTS) is 1. The van der Waals surface area contributed by atoms with Gasteiger partial charge in [-0.25, -0.2) is 9.27 Å². The van der Waals surface area contributed by atoms with Crippen molar-refractivity contribution in [3.63, 3.8) is 0 Å². The van der Waals surface area contributed by atoms with Crippen molar-refractivity contribution in [2.24, 2.45) is 0 Å². The van der Waals surface area contributed by atoms with Gasteiger partial charge in [-0.3, -0.25) is 20.0 Å². The minimum atomic E-state index is -4.16. The molecule has 0 saturated heterocycles. The van der Waals surface area contributed by atoms with Crippen molar-refractivity contribution in [3.8, 4) is 0 Å². The maximum absolute atomic E-state index is 10.9. The largest absolute Gasteiger partial charge is 0.481 e. The Morgan fingerprint density at radius 1 is 1.26 bits per heavy atom. The molecule has 0 bridgehead atoms. The lowest BCUT2D eigenvalue weighted by molar-refractivity contribution is -0.136. The van der Waals surface area contributed by atoms with Gasteiger partial charge in [0.25, 0.3) is 10.1 Å². The first-order chi connectivity index (χ1) is 14.7. The van der Waals surface area contributed by atoms with Gasteiger partial charge in [0.2, 0.25) is 17.1 Å². The Morgan fingerprint density at radius 3 is 2.74 bits per heavy atom. The molecule has 31 heavy (non-hydrogen) atoms. The van der Waals surface area contributed by atoms with E-state index < -0.39 is 21.8 Å². The Morgan fingerprint density at radius 2 is 2.03 bits per heavy atom. The molecular formula is C13H20N8O7S3. The van der Waals surface area contributed by atoms with Crippen LogP contribution in [0.5, 0.6) is 0 Å². The number of aliphatic carboxylic acids is 1. The Balaban J connectivity index is 2.05. The standard InChI is InChI=1S/C13H20N8O7S3/c1-27-7-14-6-16-28-30-13-19-10(15-2-3-31(24,25)26)18-11(21-13)20-12-17-8(5-29-12)4-9(22)23/h5,14,16H,2-4,6-7H2,1H3,(H,22,23)(H,24,25,26)(H2,15,17,18,19,20,21). The summed E-state index contributed by atoms with van der Waals surface area (Å²) in [6.45, 7) is 0.453. The van der Waals surface area contributed by atoms with Gasteiger partial charge in [0.15, 0.2) is 5.13 Å². The van der Waals surface area contributed by atoms with Crippen LogP contribution in [0.1, 0.15) is 5.69 Å². The summed E-state index contributed by atoms with van der Waals surface area (Å²) < 4.78 is 40.6. The van der Waals surface area contributed by atoms with Crippen molar-refractivity contribution < 1.29 is 31.9 Å². The second-order valence-corrected chi connectivity index (χ2v) is 8.62. The van der Waals surface area contributed by atoms with Crippen LogP contribution >= 0.6 is 23.4 Å². The molecule has 2 aromatic rings. The van der Waals surface area contributed by atoms with Gasteiger partial charge in [-0.05, 0) is 0 Å². The van der Waals surface area contributed by atoms with Gasteiger partial charge < -0.3 is 15.2 Å². The van der Waals surface area contributed by atoms with E-state index in [0.29, 0.717) is 17.6 Å². The topological polar surface area (TPSA) is 210 Å². The van der Waals surface area contributed by atoms with E-state index >= 15 is 0 Å². The van der Waals surface area contributed by atoms with Crippen LogP contribution in [0.15, 0.2) is 10.5 Å². The minimum absolute atomic E-state index is 0.0204. The van der Waals surface area contributed by atoms with E-state index in [1.54, 1.807) is 5.38 Å². The van der Waals surface area contributed by atoms with Crippen molar-refractivity contribution in [1.29, 1.82) is 0 Å². The van der Waals surface area contributed by atoms with Crippen LogP contribution in [0, 0.1) is 0 Å². The first kappa shape index (κ1) is 25.1. The number of hydrogen-bond acceptors (Lipinski definition) is 15. The zero-order valence-electron chi connectivity index (χ0n) is 16.1. The number of anilines is 3. The molecule has 0 aromatic carbocycles. The molecule has 2 aromatic heterocycles. The summed E-state index contributed by atoms with van der Waals surface area (Å²) >= 11 is 1.93. The highest BCUT2D eigenvalue weighted by molar-refractivity contribution is 7.94. The lowest BCUT2D eigenvalue weighted by atomic mass is 10.3. The number of ether oxygens (including phenoxy) is 1. The molecule has 0 atom stereocenters. The summed E-state index contributed by atoms with van der Waals surface area (Å²) in [6, 6.07) is 0. The quantitative estimate of drug-likeness (QED) is 0.0613. The fraction of sp³-hybridized carbons (Fsp3) is 0.462. The maximum atomic E-state index is 10.9. The van der Waals surface area contributed by atoms with Gasteiger partial charge in [0.05, 0.1) is 43.3 Å². The molecule has 172 valence electrons. The normalized spacial score (nSPS) is 11.4. The van der Waals surface area contributed by atoms with Crippen LogP contribution in [0.25, 0.3) is 0 Å². The van der Waals surface area contributed by atoms with Crippen molar-refractivity contribution in [1.82, 2.24) is 30.7 Å². The number of thiazole rings is 1. The fourth-order valence-corrected chi connectivity index (χ4v) is 3.32. The number of carbonyl (C=O) groups is 1. The van der Waals surface area contributed by atoms with E-state index in [9.17, 15) is 13.2 Å². The van der Waals surface area contributed by atoms with E-state index in [4.69, 9.17) is 18.7 Å². The number of rotatable bonds is 15. The predicted octanol–water partition coefficient (Wildman–Crippen LogP) is -0.322. The lowest BCUT2D eigenvalue weighted by Gasteiger charge is -2.09. The first-order valence-electron chi connectivity index (χ1n) is 8.39. The minimum Gasteiger partial charge on any atom is -0.481 e. The van der Waals surface area contributed by atoms with Gasteiger partial charge in [-0.15, -0.1) is 11.3 Å². The molecule has 0 aliphatic carbocycles. The van der Waals surface area contributed by atoms with Gasteiger partial charge in [-0.1, -0.05) is 0 Å². The highest BCUT2D eigenvalue weighted by Gasteiger charge is 2.12. The van der Waals surface area contributed by atoms with Crippen molar-refractivity contribution in [2.75, 3.05) is 43.4 Å². The molecule has 0 spiro atoms. The Hall–Kier alpha value is -2.19. The Labute approximate surface area is 185 Å². The molecule has 0 unspecified atom stereocenters. The third-order valence-electron chi connectivity index (χ3n) is 2.98. The smallest absolute Gasteiger partial charge is 0.309 e. The highest BCUT2D eigenvalue weighted by Crippen LogP contribution is 2.22. The predicted molar refractivity (Wildman–Crippen MR) is 111 cm³/mol. The van der Waals surface area contributed by atoms with Crippen LogP contribution in [0.3, 0.4) is 0 Å². The molecule has 18 heteroatoms. The number of hydroxylamine groups is 1. The van der Waals surface area contributed by atoms with E-state index in [1.165, 1.54) is 7.11 Å². The van der Waals surface area contributed by atoms with Crippen LogP contribution < -0.4 is 21.4 Å². The zero-order chi connectivity index (χ0) is 22.7. The second-order valence-electron chi connectivity index (χ2n) is 5.49. The van der Waals surface area contributed by atoms with E-state index in [0.717, 1.165) is 23.4 Å². The van der Waals surface area contributed by atoms with Crippen LogP contribution in [-0.2, 0) is 30.4 Å². The molecule has 2 rings (SSSR count). The SMILES string of the molecule is COCNCNOSc1nc(NCCS(=O)(=O)O)nc(Nc2nc(CC(=O)O)cs2)n1. The van der Waals surface area contributed by atoms with Gasteiger partial charge in [0, 0.05) is 19.0 Å². The number of nitrogens with zero attached hydrogens (tertiary/aromatic N) is 4. The molecular weight excluding hydrogens is 476 g/mol. The number of aromatic nitrogens is 4. The fourth-order valence-electron chi connectivity index (χ4n) is 1.82. The summed E-state index contributed by atoms with van der Waals surface area (Å²) in [7, 11) is -2.62. The van der Waals surface area contributed by atoms with Crippen molar-refractivity contribution in [2.45, 2.75) is 11.6 Å². The van der Waals surface area contributed by atoms with E-state index in [-0.39, 0.29) is 36.7 Å². The average molecular weight is 497 g/mol. The highest BCUT2D eigenvalue weighted by atomic mass is 32.2. The second kappa shape index (κ2) is 12.6. The molecule has 15 nitrogen and oxygen atoms in total. The Bertz CT molecular complexity index is 958. The maximum Gasteiger partial charge on any atom is 0.309 e. The van der Waals surface area contributed by atoms with E-state index in [1.807, 2.05) is 0 Å². The molecule has 0 amide bonds. The summed E-state index contributed by atoms with van der Waals surface area (Å²) in [6.07, 6.45) is -0.227. The molecule has 0 saturated carbocycles. The Kier molecular flexibility index (Phi) is 10.2. The van der Waals surface area contributed by atoms with Crippen LogP contribution in [0.2, 0.25) is 0 Å². The zero-order valence-corrected chi connectivity index (χ0v) is 18.5. The van der Waals surface area contributed by atoms with E-state index in [2.05, 4.69) is 41.4 Å². The number of methoxy groups -OCH3 is 1. The van der Waals surface area contributed by atoms with Crippen molar-refractivity contribution in [3.05, 3.63) is 11.1 Å².